The number of piperazine rings is 1. The molecule has 0 saturated carbocycles. The number of amides is 1. The summed E-state index contributed by atoms with van der Waals surface area (Å²) in [5.41, 5.74) is 0. The van der Waals surface area contributed by atoms with Crippen molar-refractivity contribution in [3.63, 3.8) is 0 Å². The van der Waals surface area contributed by atoms with Crippen LogP contribution in [-0.2, 0) is 14.3 Å². The second-order valence-corrected chi connectivity index (χ2v) is 5.45. The van der Waals surface area contributed by atoms with E-state index in [1.807, 2.05) is 11.0 Å². The average Bonchev–Trinajstić information content (AvgIpc) is 2.60. The van der Waals surface area contributed by atoms with E-state index in [1.54, 1.807) is 24.3 Å². The maximum atomic E-state index is 12.3. The molecule has 1 saturated heterocycles. The fraction of sp³-hybridized carbons (Fsp3) is 0.500. The van der Waals surface area contributed by atoms with Gasteiger partial charge in [-0.05, 0) is 12.1 Å². The Morgan fingerprint density at radius 2 is 1.68 bits per heavy atom. The van der Waals surface area contributed by atoms with Crippen LogP contribution in [0.15, 0.2) is 30.3 Å². The topological polar surface area (TPSA) is 59.1 Å². The van der Waals surface area contributed by atoms with Crippen LogP contribution in [0.4, 0.5) is 13.2 Å². The number of carbonyl (C=O) groups is 2. The maximum absolute atomic E-state index is 12.3. The Kier molecular flexibility index (Phi) is 6.63. The fourth-order valence-corrected chi connectivity index (χ4v) is 2.34. The maximum Gasteiger partial charge on any atom is 0.471 e. The van der Waals surface area contributed by atoms with Crippen LogP contribution in [-0.4, -0.2) is 73.8 Å². The van der Waals surface area contributed by atoms with Crippen molar-refractivity contribution in [1.29, 1.82) is 0 Å². The molecular formula is C16H19F3N2O4. The highest BCUT2D eigenvalue weighted by Gasteiger charge is 2.43. The van der Waals surface area contributed by atoms with E-state index in [2.05, 4.69) is 0 Å². The Morgan fingerprint density at radius 3 is 2.28 bits per heavy atom. The molecule has 0 aromatic heterocycles. The number of halogens is 3. The van der Waals surface area contributed by atoms with Crippen molar-refractivity contribution in [2.45, 2.75) is 6.18 Å². The number of hydrogen-bond acceptors (Lipinski definition) is 5. The van der Waals surface area contributed by atoms with E-state index in [9.17, 15) is 22.8 Å². The molecule has 1 aromatic carbocycles. The summed E-state index contributed by atoms with van der Waals surface area (Å²) in [6.07, 6.45) is -4.84. The number of para-hydroxylation sites is 1. The van der Waals surface area contributed by atoms with Crippen LogP contribution < -0.4 is 4.74 Å². The summed E-state index contributed by atoms with van der Waals surface area (Å²) in [4.78, 5) is 25.3. The molecule has 1 aliphatic rings. The number of hydrogen-bond donors (Lipinski definition) is 0. The minimum Gasteiger partial charge on any atom is -0.482 e. The first-order chi connectivity index (χ1) is 11.9. The number of nitrogens with zero attached hydrogens (tertiary/aromatic N) is 2. The van der Waals surface area contributed by atoms with Crippen LogP contribution in [0.3, 0.4) is 0 Å². The van der Waals surface area contributed by atoms with Crippen molar-refractivity contribution in [2.24, 2.45) is 0 Å². The highest BCUT2D eigenvalue weighted by molar-refractivity contribution is 5.81. The van der Waals surface area contributed by atoms with Crippen LogP contribution in [0, 0.1) is 0 Å². The molecule has 0 bridgehead atoms. The second kappa shape index (κ2) is 8.70. The Bertz CT molecular complexity index is 572. The quantitative estimate of drug-likeness (QED) is 0.716. The molecule has 9 heteroatoms. The zero-order valence-corrected chi connectivity index (χ0v) is 13.5. The van der Waals surface area contributed by atoms with Gasteiger partial charge in [0.25, 0.3) is 0 Å². The smallest absolute Gasteiger partial charge is 0.471 e. The van der Waals surface area contributed by atoms with Gasteiger partial charge in [0.1, 0.15) is 12.4 Å². The Labute approximate surface area is 143 Å². The predicted molar refractivity (Wildman–Crippen MR) is 82.0 cm³/mol. The summed E-state index contributed by atoms with van der Waals surface area (Å²) in [6, 6.07) is 8.82. The standard InChI is InChI=1S/C16H19F3N2O4/c17-16(18,19)15(23)21-8-6-20(7-9-21)10-11-24-14(22)12-25-13-4-2-1-3-5-13/h1-5H,6-12H2. The Morgan fingerprint density at radius 1 is 1.04 bits per heavy atom. The minimum absolute atomic E-state index is 0.00338. The predicted octanol–water partition coefficient (Wildman–Crippen LogP) is 1.32. The number of alkyl halides is 3. The molecule has 0 radical (unpaired) electrons. The van der Waals surface area contributed by atoms with Crippen LogP contribution in [0.2, 0.25) is 0 Å². The molecule has 25 heavy (non-hydrogen) atoms. The number of benzene rings is 1. The van der Waals surface area contributed by atoms with Gasteiger partial charge in [-0.2, -0.15) is 13.2 Å². The molecule has 138 valence electrons. The average molecular weight is 360 g/mol. The van der Waals surface area contributed by atoms with Gasteiger partial charge in [-0.25, -0.2) is 4.79 Å². The molecule has 1 fully saturated rings. The van der Waals surface area contributed by atoms with Crippen LogP contribution in [0.5, 0.6) is 5.75 Å². The monoisotopic (exact) mass is 360 g/mol. The van der Waals surface area contributed by atoms with Crippen LogP contribution in [0.1, 0.15) is 0 Å². The van der Waals surface area contributed by atoms with Gasteiger partial charge in [0.15, 0.2) is 6.61 Å². The molecule has 1 aromatic rings. The van der Waals surface area contributed by atoms with Crippen molar-refractivity contribution in [1.82, 2.24) is 9.80 Å². The van der Waals surface area contributed by atoms with Crippen molar-refractivity contribution < 1.29 is 32.2 Å². The summed E-state index contributed by atoms with van der Waals surface area (Å²) in [7, 11) is 0. The third-order valence-electron chi connectivity index (χ3n) is 3.67. The third kappa shape index (κ3) is 6.26. The van der Waals surface area contributed by atoms with Crippen LogP contribution >= 0.6 is 0 Å². The van der Waals surface area contributed by atoms with Crippen molar-refractivity contribution in [3.8, 4) is 5.75 Å². The van der Waals surface area contributed by atoms with E-state index in [-0.39, 0.29) is 26.3 Å². The van der Waals surface area contributed by atoms with Crippen molar-refractivity contribution >= 4 is 11.9 Å². The number of carbonyl (C=O) groups excluding carboxylic acids is 2. The molecular weight excluding hydrogens is 341 g/mol. The lowest BCUT2D eigenvalue weighted by Crippen LogP contribution is -2.52. The normalized spacial score (nSPS) is 15.7. The van der Waals surface area contributed by atoms with E-state index >= 15 is 0 Å². The van der Waals surface area contributed by atoms with Gasteiger partial charge in [0.2, 0.25) is 0 Å². The van der Waals surface area contributed by atoms with Gasteiger partial charge in [-0.1, -0.05) is 18.2 Å². The third-order valence-corrected chi connectivity index (χ3v) is 3.67. The molecule has 0 unspecified atom stereocenters. The lowest BCUT2D eigenvalue weighted by Gasteiger charge is -2.34. The molecule has 1 amide bonds. The highest BCUT2D eigenvalue weighted by atomic mass is 19.4. The summed E-state index contributed by atoms with van der Waals surface area (Å²) in [5.74, 6) is -1.77. The lowest BCUT2D eigenvalue weighted by atomic mass is 10.3. The molecule has 2 rings (SSSR count). The van der Waals surface area contributed by atoms with Crippen molar-refractivity contribution in [2.75, 3.05) is 45.9 Å². The van der Waals surface area contributed by atoms with E-state index in [0.29, 0.717) is 25.4 Å². The summed E-state index contributed by atoms with van der Waals surface area (Å²) in [5, 5.41) is 0. The summed E-state index contributed by atoms with van der Waals surface area (Å²) < 4.78 is 47.3. The zero-order chi connectivity index (χ0) is 18.3. The SMILES string of the molecule is O=C(COc1ccccc1)OCCN1CCN(C(=O)C(F)(F)F)CC1. The first kappa shape index (κ1) is 19.0. The first-order valence-electron chi connectivity index (χ1n) is 7.78. The molecule has 0 aliphatic carbocycles. The molecule has 1 heterocycles. The molecule has 0 N–H and O–H groups in total. The molecule has 6 nitrogen and oxygen atoms in total. The van der Waals surface area contributed by atoms with Gasteiger partial charge < -0.3 is 14.4 Å². The van der Waals surface area contributed by atoms with E-state index < -0.39 is 18.1 Å². The summed E-state index contributed by atoms with van der Waals surface area (Å²) in [6.45, 7) is 0.916. The highest BCUT2D eigenvalue weighted by Crippen LogP contribution is 2.19. The van der Waals surface area contributed by atoms with Crippen molar-refractivity contribution in [3.05, 3.63) is 30.3 Å². The Hall–Kier alpha value is -2.29. The lowest BCUT2D eigenvalue weighted by molar-refractivity contribution is -0.187. The second-order valence-electron chi connectivity index (χ2n) is 5.45. The van der Waals surface area contributed by atoms with Crippen LogP contribution in [0.25, 0.3) is 0 Å². The van der Waals surface area contributed by atoms with Gasteiger partial charge in [-0.15, -0.1) is 0 Å². The largest absolute Gasteiger partial charge is 0.482 e. The minimum atomic E-state index is -4.84. The van der Waals surface area contributed by atoms with Gasteiger partial charge >= 0.3 is 18.1 Å². The molecule has 0 spiro atoms. The molecule has 0 atom stereocenters. The fourth-order valence-electron chi connectivity index (χ4n) is 2.34. The zero-order valence-electron chi connectivity index (χ0n) is 13.5. The van der Waals surface area contributed by atoms with Gasteiger partial charge in [-0.3, -0.25) is 9.69 Å². The number of rotatable bonds is 6. The number of ether oxygens (including phenoxy) is 2. The summed E-state index contributed by atoms with van der Waals surface area (Å²) >= 11 is 0. The van der Waals surface area contributed by atoms with Gasteiger partial charge in [0, 0.05) is 32.7 Å². The van der Waals surface area contributed by atoms with E-state index in [1.165, 1.54) is 0 Å². The Balaban J connectivity index is 1.60. The van der Waals surface area contributed by atoms with E-state index in [4.69, 9.17) is 9.47 Å². The van der Waals surface area contributed by atoms with Gasteiger partial charge in [0.05, 0.1) is 0 Å². The molecule has 1 aliphatic heterocycles. The number of esters is 1. The first-order valence-corrected chi connectivity index (χ1v) is 7.78. The van der Waals surface area contributed by atoms with E-state index in [0.717, 1.165) is 4.90 Å².